The molecular weight excluding hydrogens is 279 g/mol. The number of rotatable bonds is 6. The van der Waals surface area contributed by atoms with E-state index in [9.17, 15) is 22.8 Å². The number of alkyl halides is 3. The van der Waals surface area contributed by atoms with Crippen LogP contribution in [-0.4, -0.2) is 42.9 Å². The van der Waals surface area contributed by atoms with E-state index in [2.05, 4.69) is 5.32 Å². The molecule has 0 aromatic rings. The van der Waals surface area contributed by atoms with Crippen LogP contribution in [0.15, 0.2) is 0 Å². The van der Waals surface area contributed by atoms with Gasteiger partial charge >= 0.3 is 12.3 Å². The molecule has 0 radical (unpaired) electrons. The standard InChI is InChI=1S/C11H20F3N3O3/c1-10(2,3)20-9(19)16-5-4-7(8(15)18)17-6-11(12,13)14/h7,17H,4-6H2,1-3H3,(H2,15,18)(H,16,19). The molecule has 0 spiro atoms. The lowest BCUT2D eigenvalue weighted by atomic mass is 10.2. The summed E-state index contributed by atoms with van der Waals surface area (Å²) in [4.78, 5) is 22.2. The Morgan fingerprint density at radius 2 is 1.80 bits per heavy atom. The molecule has 0 bridgehead atoms. The second-order valence-electron chi connectivity index (χ2n) is 5.17. The van der Waals surface area contributed by atoms with Crippen LogP contribution < -0.4 is 16.4 Å². The van der Waals surface area contributed by atoms with Gasteiger partial charge in [0, 0.05) is 6.54 Å². The van der Waals surface area contributed by atoms with Crippen molar-refractivity contribution in [3.63, 3.8) is 0 Å². The number of hydrogen-bond acceptors (Lipinski definition) is 4. The molecule has 118 valence electrons. The fourth-order valence-electron chi connectivity index (χ4n) is 1.22. The predicted octanol–water partition coefficient (Wildman–Crippen LogP) is 0.907. The van der Waals surface area contributed by atoms with Gasteiger partial charge in [0.05, 0.1) is 12.6 Å². The Bertz CT molecular complexity index is 340. The van der Waals surface area contributed by atoms with Gasteiger partial charge in [-0.15, -0.1) is 0 Å². The minimum atomic E-state index is -4.44. The second kappa shape index (κ2) is 7.32. The first-order valence-corrected chi connectivity index (χ1v) is 5.97. The van der Waals surface area contributed by atoms with E-state index in [1.54, 1.807) is 20.8 Å². The summed E-state index contributed by atoms with van der Waals surface area (Å²) in [5, 5.41) is 4.32. The summed E-state index contributed by atoms with van der Waals surface area (Å²) in [6, 6.07) is -1.17. The normalized spacial score (nSPS) is 13.7. The van der Waals surface area contributed by atoms with Gasteiger partial charge < -0.3 is 15.8 Å². The second-order valence-corrected chi connectivity index (χ2v) is 5.17. The number of alkyl carbamates (subject to hydrolysis) is 1. The first-order chi connectivity index (χ1) is 8.91. The smallest absolute Gasteiger partial charge is 0.407 e. The number of primary amides is 1. The molecule has 0 saturated carbocycles. The number of carbonyl (C=O) groups is 2. The zero-order valence-electron chi connectivity index (χ0n) is 11.6. The zero-order valence-corrected chi connectivity index (χ0v) is 11.6. The van der Waals surface area contributed by atoms with Crippen molar-refractivity contribution < 1.29 is 27.5 Å². The maximum absolute atomic E-state index is 12.0. The van der Waals surface area contributed by atoms with E-state index in [-0.39, 0.29) is 13.0 Å². The highest BCUT2D eigenvalue weighted by atomic mass is 19.4. The third-order valence-electron chi connectivity index (χ3n) is 1.99. The molecule has 0 aromatic carbocycles. The molecule has 4 N–H and O–H groups in total. The van der Waals surface area contributed by atoms with Gasteiger partial charge in [0.15, 0.2) is 0 Å². The van der Waals surface area contributed by atoms with Crippen molar-refractivity contribution in [2.75, 3.05) is 13.1 Å². The van der Waals surface area contributed by atoms with Crippen molar-refractivity contribution in [3.05, 3.63) is 0 Å². The fourth-order valence-corrected chi connectivity index (χ4v) is 1.22. The van der Waals surface area contributed by atoms with Gasteiger partial charge in [-0.25, -0.2) is 4.79 Å². The van der Waals surface area contributed by atoms with Crippen LogP contribution in [-0.2, 0) is 9.53 Å². The molecule has 20 heavy (non-hydrogen) atoms. The molecule has 0 heterocycles. The van der Waals surface area contributed by atoms with E-state index in [4.69, 9.17) is 10.5 Å². The molecular formula is C11H20F3N3O3. The van der Waals surface area contributed by atoms with E-state index < -0.39 is 36.4 Å². The number of hydrogen-bond donors (Lipinski definition) is 3. The van der Waals surface area contributed by atoms with E-state index in [1.807, 2.05) is 5.32 Å². The summed E-state index contributed by atoms with van der Waals surface area (Å²) >= 11 is 0. The molecule has 1 atom stereocenters. The molecule has 6 nitrogen and oxygen atoms in total. The Kier molecular flexibility index (Phi) is 6.77. The molecule has 0 aliphatic rings. The quantitative estimate of drug-likeness (QED) is 0.679. The molecule has 9 heteroatoms. The van der Waals surface area contributed by atoms with Gasteiger partial charge in [-0.3, -0.25) is 10.1 Å². The number of nitrogens with two attached hydrogens (primary N) is 1. The summed E-state index contributed by atoms with van der Waals surface area (Å²) < 4.78 is 41.0. The lowest BCUT2D eigenvalue weighted by molar-refractivity contribution is -0.130. The summed E-state index contributed by atoms with van der Waals surface area (Å²) in [6.45, 7) is 3.65. The minimum Gasteiger partial charge on any atom is -0.444 e. The maximum Gasteiger partial charge on any atom is 0.407 e. The average Bonchev–Trinajstić information content (AvgIpc) is 2.18. The predicted molar refractivity (Wildman–Crippen MR) is 65.9 cm³/mol. The Morgan fingerprint density at radius 1 is 1.25 bits per heavy atom. The van der Waals surface area contributed by atoms with Crippen molar-refractivity contribution in [2.24, 2.45) is 5.73 Å². The molecule has 2 amide bonds. The van der Waals surface area contributed by atoms with Gasteiger partial charge in [-0.05, 0) is 27.2 Å². The third kappa shape index (κ3) is 10.4. The monoisotopic (exact) mass is 299 g/mol. The first-order valence-electron chi connectivity index (χ1n) is 5.97. The number of halogens is 3. The van der Waals surface area contributed by atoms with E-state index in [1.165, 1.54) is 0 Å². The van der Waals surface area contributed by atoms with Crippen molar-refractivity contribution in [3.8, 4) is 0 Å². The van der Waals surface area contributed by atoms with Gasteiger partial charge in [0.1, 0.15) is 5.60 Å². The highest BCUT2D eigenvalue weighted by molar-refractivity contribution is 5.79. The zero-order chi connectivity index (χ0) is 16.0. The first kappa shape index (κ1) is 18.5. The number of carbonyl (C=O) groups excluding carboxylic acids is 2. The molecule has 0 saturated heterocycles. The Labute approximate surface area is 115 Å². The van der Waals surface area contributed by atoms with Crippen LogP contribution in [0.1, 0.15) is 27.2 Å². The largest absolute Gasteiger partial charge is 0.444 e. The highest BCUT2D eigenvalue weighted by Gasteiger charge is 2.29. The molecule has 0 aromatic heterocycles. The van der Waals surface area contributed by atoms with Crippen LogP contribution in [0.5, 0.6) is 0 Å². The van der Waals surface area contributed by atoms with Gasteiger partial charge in [-0.1, -0.05) is 0 Å². The van der Waals surface area contributed by atoms with Crippen LogP contribution in [0.3, 0.4) is 0 Å². The third-order valence-corrected chi connectivity index (χ3v) is 1.99. The van der Waals surface area contributed by atoms with Crippen LogP contribution in [0, 0.1) is 0 Å². The summed E-state index contributed by atoms with van der Waals surface area (Å²) in [5.41, 5.74) is 4.29. The molecule has 0 rings (SSSR count). The van der Waals surface area contributed by atoms with E-state index in [0.717, 1.165) is 0 Å². The maximum atomic E-state index is 12.0. The number of nitrogens with one attached hydrogen (secondary N) is 2. The van der Waals surface area contributed by atoms with Crippen molar-refractivity contribution in [1.29, 1.82) is 0 Å². The topological polar surface area (TPSA) is 93.4 Å². The Morgan fingerprint density at radius 3 is 2.20 bits per heavy atom. The van der Waals surface area contributed by atoms with Gasteiger partial charge in [-0.2, -0.15) is 13.2 Å². The SMILES string of the molecule is CC(C)(C)OC(=O)NCCC(NCC(F)(F)F)C(N)=O. The van der Waals surface area contributed by atoms with Crippen LogP contribution >= 0.6 is 0 Å². The summed E-state index contributed by atoms with van der Waals surface area (Å²) in [7, 11) is 0. The molecule has 1 unspecified atom stereocenters. The minimum absolute atomic E-state index is 0.0343. The van der Waals surface area contributed by atoms with Crippen molar-refractivity contribution in [2.45, 2.75) is 45.0 Å². The molecule has 0 aliphatic heterocycles. The van der Waals surface area contributed by atoms with Crippen molar-refractivity contribution >= 4 is 12.0 Å². The number of amides is 2. The molecule has 0 fully saturated rings. The van der Waals surface area contributed by atoms with E-state index in [0.29, 0.717) is 0 Å². The van der Waals surface area contributed by atoms with Crippen LogP contribution in [0.4, 0.5) is 18.0 Å². The Balaban J connectivity index is 4.10. The van der Waals surface area contributed by atoms with Crippen molar-refractivity contribution in [1.82, 2.24) is 10.6 Å². The van der Waals surface area contributed by atoms with Crippen LogP contribution in [0.2, 0.25) is 0 Å². The number of ether oxygens (including phenoxy) is 1. The van der Waals surface area contributed by atoms with Crippen LogP contribution in [0.25, 0.3) is 0 Å². The fraction of sp³-hybridized carbons (Fsp3) is 0.818. The lowest BCUT2D eigenvalue weighted by Crippen LogP contribution is -2.47. The highest BCUT2D eigenvalue weighted by Crippen LogP contribution is 2.13. The Hall–Kier alpha value is -1.51. The molecule has 0 aliphatic carbocycles. The van der Waals surface area contributed by atoms with E-state index >= 15 is 0 Å². The van der Waals surface area contributed by atoms with Gasteiger partial charge in [0.25, 0.3) is 0 Å². The average molecular weight is 299 g/mol. The summed E-state index contributed by atoms with van der Waals surface area (Å²) in [6.07, 6.45) is -5.21. The lowest BCUT2D eigenvalue weighted by Gasteiger charge is -2.20. The summed E-state index contributed by atoms with van der Waals surface area (Å²) in [5.74, 6) is -0.916. The van der Waals surface area contributed by atoms with Gasteiger partial charge in [0.2, 0.25) is 5.91 Å².